The largest absolute Gasteiger partial charge is 0.372 e. The Kier molecular flexibility index (Phi) is 16.6. The number of rotatable bonds is 8. The first-order chi connectivity index (χ1) is 20.6. The Labute approximate surface area is 258 Å². The summed E-state index contributed by atoms with van der Waals surface area (Å²) in [5.74, 6) is -2.26. The average Bonchev–Trinajstić information content (AvgIpc) is 3.28. The summed E-state index contributed by atoms with van der Waals surface area (Å²) in [7, 11) is 1.64. The van der Waals surface area contributed by atoms with E-state index < -0.39 is 35.8 Å². The number of likely N-dealkylation sites (N-methyl/N-ethyl adjacent to an activating group) is 1. The number of carbonyl (C=O) groups is 5. The minimum atomic E-state index is -0.741. The lowest BCUT2D eigenvalue weighted by Gasteiger charge is -2.38. The third kappa shape index (κ3) is 12.4. The zero-order chi connectivity index (χ0) is 31.8. The van der Waals surface area contributed by atoms with Gasteiger partial charge in [0.1, 0.15) is 6.04 Å². The minimum absolute atomic E-state index is 0.178. The maximum Gasteiger partial charge on any atom is 0.243 e. The number of carbonyl (C=O) groups excluding carboxylic acids is 5. The molecule has 2 rings (SSSR count). The maximum absolute atomic E-state index is 14.0. The smallest absolute Gasteiger partial charge is 0.243 e. The van der Waals surface area contributed by atoms with Gasteiger partial charge in [-0.1, -0.05) is 78.6 Å². The summed E-state index contributed by atoms with van der Waals surface area (Å²) in [6, 6.07) is -1.08. The van der Waals surface area contributed by atoms with Crippen molar-refractivity contribution in [2.45, 2.75) is 135 Å². The molecular weight excluding hydrogens is 550 g/mol. The third-order valence-electron chi connectivity index (χ3n) is 8.86. The van der Waals surface area contributed by atoms with Crippen molar-refractivity contribution in [2.24, 2.45) is 11.8 Å². The second-order valence-corrected chi connectivity index (χ2v) is 12.4. The fraction of sp³-hybridized carbons (Fsp3) is 0.844. The highest BCUT2D eigenvalue weighted by Gasteiger charge is 2.37. The van der Waals surface area contributed by atoms with Crippen LogP contribution in [0.2, 0.25) is 0 Å². The standard InChI is InChI=1S/C32H57N5O6/c1-6-8-9-14-18-26-22(3)32(42)37(5)25(15-7-2)31(41)35-20-28(39)33-19-27(38)34-21-29(40)36-23(4)30(43-26)24-16-12-10-11-13-17-24/h22-26,30H,6-21H2,1-5H3,(H,33,39)(H,34,38)(H,35,41)(H,36,40). The Morgan fingerprint density at radius 3 is 1.95 bits per heavy atom. The minimum Gasteiger partial charge on any atom is -0.372 e. The molecule has 0 spiro atoms. The van der Waals surface area contributed by atoms with Crippen LogP contribution in [0.15, 0.2) is 0 Å². The van der Waals surface area contributed by atoms with E-state index in [0.29, 0.717) is 19.3 Å². The Morgan fingerprint density at radius 2 is 1.35 bits per heavy atom. The van der Waals surface area contributed by atoms with Crippen molar-refractivity contribution in [2.75, 3.05) is 26.7 Å². The molecule has 5 amide bonds. The first kappa shape index (κ1) is 36.5. The molecule has 4 N–H and O–H groups in total. The summed E-state index contributed by atoms with van der Waals surface area (Å²) in [5.41, 5.74) is 0. The van der Waals surface area contributed by atoms with Gasteiger partial charge in [0, 0.05) is 7.05 Å². The molecule has 43 heavy (non-hydrogen) atoms. The highest BCUT2D eigenvalue weighted by molar-refractivity contribution is 5.92. The molecule has 1 saturated carbocycles. The van der Waals surface area contributed by atoms with Gasteiger partial charge < -0.3 is 30.9 Å². The van der Waals surface area contributed by atoms with E-state index in [1.807, 2.05) is 20.8 Å². The Morgan fingerprint density at radius 1 is 0.744 bits per heavy atom. The van der Waals surface area contributed by atoms with E-state index in [0.717, 1.165) is 51.4 Å². The number of nitrogens with zero attached hydrogens (tertiary/aromatic N) is 1. The van der Waals surface area contributed by atoms with Gasteiger partial charge in [-0.3, -0.25) is 24.0 Å². The monoisotopic (exact) mass is 607 g/mol. The molecule has 0 radical (unpaired) electrons. The van der Waals surface area contributed by atoms with Crippen LogP contribution < -0.4 is 21.3 Å². The molecule has 1 heterocycles. The fourth-order valence-electron chi connectivity index (χ4n) is 6.25. The zero-order valence-electron chi connectivity index (χ0n) is 27.2. The van der Waals surface area contributed by atoms with Crippen LogP contribution in [0.3, 0.4) is 0 Å². The van der Waals surface area contributed by atoms with Crippen LogP contribution in [0.5, 0.6) is 0 Å². The van der Waals surface area contributed by atoms with E-state index in [2.05, 4.69) is 28.2 Å². The van der Waals surface area contributed by atoms with E-state index in [9.17, 15) is 24.0 Å². The van der Waals surface area contributed by atoms with Crippen molar-refractivity contribution >= 4 is 29.5 Å². The summed E-state index contributed by atoms with van der Waals surface area (Å²) >= 11 is 0. The van der Waals surface area contributed by atoms with Crippen LogP contribution in [0.4, 0.5) is 0 Å². The molecule has 0 aromatic rings. The number of hydrogen-bond acceptors (Lipinski definition) is 6. The summed E-state index contributed by atoms with van der Waals surface area (Å²) < 4.78 is 6.94. The molecule has 0 aromatic heterocycles. The molecule has 11 nitrogen and oxygen atoms in total. The third-order valence-corrected chi connectivity index (χ3v) is 8.86. The maximum atomic E-state index is 14.0. The van der Waals surface area contributed by atoms with Crippen LogP contribution in [0, 0.1) is 11.8 Å². The van der Waals surface area contributed by atoms with E-state index >= 15 is 0 Å². The fourth-order valence-corrected chi connectivity index (χ4v) is 6.25. The van der Waals surface area contributed by atoms with Crippen LogP contribution in [0.1, 0.15) is 111 Å². The van der Waals surface area contributed by atoms with Crippen molar-refractivity contribution in [1.29, 1.82) is 0 Å². The normalized spacial score (nSPS) is 28.4. The molecular formula is C32H57N5O6. The van der Waals surface area contributed by atoms with E-state index in [4.69, 9.17) is 4.74 Å². The molecule has 1 aliphatic carbocycles. The lowest BCUT2D eigenvalue weighted by atomic mass is 9.88. The Hall–Kier alpha value is -2.69. The number of hydrogen-bond donors (Lipinski definition) is 4. The van der Waals surface area contributed by atoms with Crippen molar-refractivity contribution < 1.29 is 28.7 Å². The number of unbranched alkanes of at least 4 members (excludes halogenated alkanes) is 3. The zero-order valence-corrected chi connectivity index (χ0v) is 27.2. The molecule has 5 atom stereocenters. The second kappa shape index (κ2) is 19.6. The first-order valence-corrected chi connectivity index (χ1v) is 16.6. The van der Waals surface area contributed by atoms with Crippen LogP contribution in [-0.4, -0.2) is 85.4 Å². The Bertz CT molecular complexity index is 907. The van der Waals surface area contributed by atoms with Crippen molar-refractivity contribution in [3.8, 4) is 0 Å². The lowest BCUT2D eigenvalue weighted by molar-refractivity contribution is -0.151. The van der Waals surface area contributed by atoms with Crippen LogP contribution >= 0.6 is 0 Å². The van der Waals surface area contributed by atoms with Gasteiger partial charge in [-0.25, -0.2) is 0 Å². The van der Waals surface area contributed by atoms with Gasteiger partial charge in [0.15, 0.2) is 0 Å². The van der Waals surface area contributed by atoms with Gasteiger partial charge in [0.25, 0.3) is 0 Å². The summed E-state index contributed by atoms with van der Waals surface area (Å²) in [4.78, 5) is 66.1. The van der Waals surface area contributed by atoms with Crippen molar-refractivity contribution in [3.05, 3.63) is 0 Å². The van der Waals surface area contributed by atoms with Gasteiger partial charge in [-0.15, -0.1) is 0 Å². The Balaban J connectivity index is 2.43. The summed E-state index contributed by atoms with van der Waals surface area (Å²) in [5, 5.41) is 10.7. The van der Waals surface area contributed by atoms with E-state index in [-0.39, 0.29) is 49.5 Å². The molecule has 0 aromatic carbocycles. The van der Waals surface area contributed by atoms with Gasteiger partial charge in [-0.05, 0) is 38.5 Å². The average molecular weight is 608 g/mol. The molecule has 2 fully saturated rings. The van der Waals surface area contributed by atoms with Gasteiger partial charge in [0.2, 0.25) is 29.5 Å². The van der Waals surface area contributed by atoms with Crippen LogP contribution in [0.25, 0.3) is 0 Å². The lowest BCUT2D eigenvalue weighted by Crippen LogP contribution is -2.53. The van der Waals surface area contributed by atoms with E-state index in [1.54, 1.807) is 7.05 Å². The summed E-state index contributed by atoms with van der Waals surface area (Å²) in [6.45, 7) is 7.05. The van der Waals surface area contributed by atoms with Gasteiger partial charge in [0.05, 0.1) is 43.8 Å². The quantitative estimate of drug-likeness (QED) is 0.247. The molecule has 2 aliphatic rings. The molecule has 246 valence electrons. The van der Waals surface area contributed by atoms with Crippen molar-refractivity contribution in [3.63, 3.8) is 0 Å². The molecule has 1 saturated heterocycles. The number of amides is 5. The SMILES string of the molecule is CCCCCCC1OC(C2CCCCCC2)C(C)NC(=O)CNC(=O)CNC(=O)CNC(=O)C(CCC)N(C)C(=O)C1C. The van der Waals surface area contributed by atoms with Crippen molar-refractivity contribution in [1.82, 2.24) is 26.2 Å². The second-order valence-electron chi connectivity index (χ2n) is 12.4. The summed E-state index contributed by atoms with van der Waals surface area (Å²) in [6.07, 6.45) is 11.8. The predicted molar refractivity (Wildman–Crippen MR) is 166 cm³/mol. The molecule has 0 bridgehead atoms. The topological polar surface area (TPSA) is 146 Å². The molecule has 1 aliphatic heterocycles. The number of nitrogens with one attached hydrogen (secondary N) is 4. The van der Waals surface area contributed by atoms with Gasteiger partial charge >= 0.3 is 0 Å². The molecule has 11 heteroatoms. The van der Waals surface area contributed by atoms with E-state index in [1.165, 1.54) is 17.7 Å². The highest BCUT2D eigenvalue weighted by Crippen LogP contribution is 2.32. The van der Waals surface area contributed by atoms with Gasteiger partial charge in [-0.2, -0.15) is 0 Å². The predicted octanol–water partition coefficient (Wildman–Crippen LogP) is 2.81. The molecule has 5 unspecified atom stereocenters. The highest BCUT2D eigenvalue weighted by atomic mass is 16.5. The van der Waals surface area contributed by atoms with Crippen LogP contribution in [-0.2, 0) is 28.7 Å². The first-order valence-electron chi connectivity index (χ1n) is 16.6. The number of ether oxygens (including phenoxy) is 1.